The zero-order valence-corrected chi connectivity index (χ0v) is 16.2. The lowest BCUT2D eigenvalue weighted by Gasteiger charge is -2.42. The minimum Gasteiger partial charge on any atom is -0.344 e. The predicted molar refractivity (Wildman–Crippen MR) is 101 cm³/mol. The fourth-order valence-electron chi connectivity index (χ4n) is 3.30. The molecule has 5 nitrogen and oxygen atoms in total. The first-order valence-corrected chi connectivity index (χ1v) is 9.42. The van der Waals surface area contributed by atoms with Gasteiger partial charge in [-0.2, -0.15) is 8.78 Å². The van der Waals surface area contributed by atoms with Crippen LogP contribution in [0.3, 0.4) is 0 Å². The SMILES string of the molecule is O=C(CNC(=O)C(F)F)c1cnc(CC2(c3ccc(Cl)cc3Cl)CCC2)nc1. The zero-order valence-electron chi connectivity index (χ0n) is 14.7. The largest absolute Gasteiger partial charge is 0.344 e. The van der Waals surface area contributed by atoms with Crippen molar-refractivity contribution >= 4 is 34.9 Å². The molecule has 0 radical (unpaired) electrons. The van der Waals surface area contributed by atoms with Crippen LogP contribution in [0.2, 0.25) is 10.0 Å². The first kappa shape index (κ1) is 20.6. The van der Waals surface area contributed by atoms with Crippen LogP contribution in [0.1, 0.15) is 41.0 Å². The molecule has 0 saturated heterocycles. The van der Waals surface area contributed by atoms with Crippen LogP contribution in [0.25, 0.3) is 0 Å². The number of carbonyl (C=O) groups excluding carboxylic acids is 2. The number of hydrogen-bond donors (Lipinski definition) is 1. The number of benzene rings is 1. The van der Waals surface area contributed by atoms with Gasteiger partial charge >= 0.3 is 6.43 Å². The van der Waals surface area contributed by atoms with Crippen molar-refractivity contribution in [2.75, 3.05) is 6.54 Å². The molecule has 0 bridgehead atoms. The molecular weight excluding hydrogens is 411 g/mol. The maximum Gasteiger partial charge on any atom is 0.315 e. The quantitative estimate of drug-likeness (QED) is 0.677. The summed E-state index contributed by atoms with van der Waals surface area (Å²) in [6, 6.07) is 5.45. The first-order valence-electron chi connectivity index (χ1n) is 8.66. The highest BCUT2D eigenvalue weighted by Gasteiger charge is 2.40. The van der Waals surface area contributed by atoms with Crippen molar-refractivity contribution in [3.8, 4) is 0 Å². The predicted octanol–water partition coefficient (Wildman–Crippen LogP) is 4.01. The number of amides is 1. The maximum absolute atomic E-state index is 12.2. The molecule has 148 valence electrons. The molecule has 9 heteroatoms. The van der Waals surface area contributed by atoms with Crippen LogP contribution in [0.5, 0.6) is 0 Å². The number of aromatic nitrogens is 2. The third kappa shape index (κ3) is 4.47. The standard InChI is InChI=1S/C19H17Cl2F2N3O2/c20-12-2-3-13(14(21)6-12)19(4-1-5-19)7-16-24-8-11(9-25-16)15(27)10-26-18(28)17(22)23/h2-3,6,8-9,17H,1,4-5,7,10H2,(H,26,28). The van der Waals surface area contributed by atoms with Gasteiger partial charge in [-0.15, -0.1) is 0 Å². The molecule has 2 aromatic rings. The molecule has 0 unspecified atom stereocenters. The van der Waals surface area contributed by atoms with Crippen molar-refractivity contribution < 1.29 is 18.4 Å². The molecule has 0 spiro atoms. The van der Waals surface area contributed by atoms with Gasteiger partial charge in [0.15, 0.2) is 5.78 Å². The van der Waals surface area contributed by atoms with Gasteiger partial charge < -0.3 is 5.32 Å². The highest BCUT2D eigenvalue weighted by molar-refractivity contribution is 6.35. The average Bonchev–Trinajstić information content (AvgIpc) is 2.63. The summed E-state index contributed by atoms with van der Waals surface area (Å²) < 4.78 is 24.3. The molecule has 1 N–H and O–H groups in total. The summed E-state index contributed by atoms with van der Waals surface area (Å²) in [6.07, 6.45) is 3.04. The lowest BCUT2D eigenvalue weighted by atomic mass is 9.62. The fourth-order valence-corrected chi connectivity index (χ4v) is 3.91. The first-order chi connectivity index (χ1) is 13.3. The second kappa shape index (κ2) is 8.49. The Morgan fingerprint density at radius 2 is 1.86 bits per heavy atom. The summed E-state index contributed by atoms with van der Waals surface area (Å²) in [7, 11) is 0. The van der Waals surface area contributed by atoms with Gasteiger partial charge in [-0.25, -0.2) is 9.97 Å². The summed E-state index contributed by atoms with van der Waals surface area (Å²) in [5.41, 5.74) is 0.979. The molecule has 0 atom stereocenters. The Kier molecular flexibility index (Phi) is 6.25. The van der Waals surface area contributed by atoms with E-state index in [0.717, 1.165) is 24.8 Å². The molecule has 3 rings (SSSR count). The van der Waals surface area contributed by atoms with Gasteiger partial charge in [-0.1, -0.05) is 35.7 Å². The van der Waals surface area contributed by atoms with Gasteiger partial charge in [0.2, 0.25) is 0 Å². The van der Waals surface area contributed by atoms with Gasteiger partial charge in [-0.05, 0) is 30.5 Å². The smallest absolute Gasteiger partial charge is 0.315 e. The van der Waals surface area contributed by atoms with Crippen LogP contribution in [-0.2, 0) is 16.6 Å². The third-order valence-electron chi connectivity index (χ3n) is 4.96. The summed E-state index contributed by atoms with van der Waals surface area (Å²) in [6.45, 7) is -0.532. The number of nitrogens with one attached hydrogen (secondary N) is 1. The van der Waals surface area contributed by atoms with E-state index in [1.807, 2.05) is 11.4 Å². The highest BCUT2D eigenvalue weighted by Crippen LogP contribution is 2.48. The minimum absolute atomic E-state index is 0.144. The number of carbonyl (C=O) groups is 2. The lowest BCUT2D eigenvalue weighted by Crippen LogP contribution is -2.37. The van der Waals surface area contributed by atoms with Gasteiger partial charge in [0.25, 0.3) is 5.91 Å². The van der Waals surface area contributed by atoms with Crippen LogP contribution in [0, 0.1) is 0 Å². The van der Waals surface area contributed by atoms with E-state index in [2.05, 4.69) is 9.97 Å². The van der Waals surface area contributed by atoms with Crippen molar-refractivity contribution in [2.45, 2.75) is 37.5 Å². The highest BCUT2D eigenvalue weighted by atomic mass is 35.5. The monoisotopic (exact) mass is 427 g/mol. The van der Waals surface area contributed by atoms with E-state index in [1.165, 1.54) is 12.4 Å². The number of ketones is 1. The number of nitrogens with zero attached hydrogens (tertiary/aromatic N) is 2. The molecule has 1 aromatic carbocycles. The van der Waals surface area contributed by atoms with Crippen LogP contribution in [0.4, 0.5) is 8.78 Å². The van der Waals surface area contributed by atoms with E-state index in [9.17, 15) is 18.4 Å². The number of Topliss-reactive ketones (excluding diaryl/α,β-unsaturated/α-hetero) is 1. The summed E-state index contributed by atoms with van der Waals surface area (Å²) >= 11 is 12.4. The lowest BCUT2D eigenvalue weighted by molar-refractivity contribution is -0.131. The van der Waals surface area contributed by atoms with Gasteiger partial charge in [0.1, 0.15) is 5.82 Å². The zero-order chi connectivity index (χ0) is 20.3. The second-order valence-electron chi connectivity index (χ2n) is 6.76. The van der Waals surface area contributed by atoms with E-state index >= 15 is 0 Å². The van der Waals surface area contributed by atoms with Crippen molar-refractivity contribution in [1.82, 2.24) is 15.3 Å². The van der Waals surface area contributed by atoms with Crippen molar-refractivity contribution in [3.05, 3.63) is 57.6 Å². The summed E-state index contributed by atoms with van der Waals surface area (Å²) in [5, 5.41) is 3.04. The number of halogens is 4. The Morgan fingerprint density at radius 1 is 1.18 bits per heavy atom. The summed E-state index contributed by atoms with van der Waals surface area (Å²) in [4.78, 5) is 31.3. The van der Waals surface area contributed by atoms with E-state index in [1.54, 1.807) is 12.1 Å². The second-order valence-corrected chi connectivity index (χ2v) is 7.61. The molecule has 28 heavy (non-hydrogen) atoms. The third-order valence-corrected chi connectivity index (χ3v) is 5.51. The number of rotatable bonds is 7. The average molecular weight is 428 g/mol. The molecule has 1 aliphatic carbocycles. The maximum atomic E-state index is 12.2. The molecular formula is C19H17Cl2F2N3O2. The molecule has 1 fully saturated rings. The van der Waals surface area contributed by atoms with Crippen molar-refractivity contribution in [2.24, 2.45) is 0 Å². The van der Waals surface area contributed by atoms with Gasteiger partial charge in [0.05, 0.1) is 12.1 Å². The Balaban J connectivity index is 1.69. The Bertz CT molecular complexity index is 887. The fraction of sp³-hybridized carbons (Fsp3) is 0.368. The normalized spacial score (nSPS) is 15.2. The van der Waals surface area contributed by atoms with E-state index in [0.29, 0.717) is 22.3 Å². The van der Waals surface area contributed by atoms with Crippen molar-refractivity contribution in [1.29, 1.82) is 0 Å². The molecule has 1 amide bonds. The van der Waals surface area contributed by atoms with Crippen LogP contribution < -0.4 is 5.32 Å². The van der Waals surface area contributed by atoms with Gasteiger partial charge in [0, 0.05) is 34.3 Å². The van der Waals surface area contributed by atoms with Crippen LogP contribution >= 0.6 is 23.2 Å². The van der Waals surface area contributed by atoms with Crippen LogP contribution in [-0.4, -0.2) is 34.6 Å². The molecule has 1 heterocycles. The Hall–Kier alpha value is -2.12. The summed E-state index contributed by atoms with van der Waals surface area (Å²) in [5.74, 6) is -1.48. The number of alkyl halides is 2. The Labute approximate surface area is 170 Å². The van der Waals surface area contributed by atoms with Crippen LogP contribution in [0.15, 0.2) is 30.6 Å². The Morgan fingerprint density at radius 3 is 2.39 bits per heavy atom. The molecule has 0 aliphatic heterocycles. The topological polar surface area (TPSA) is 72.0 Å². The molecule has 1 saturated carbocycles. The van der Waals surface area contributed by atoms with Crippen molar-refractivity contribution in [3.63, 3.8) is 0 Å². The minimum atomic E-state index is -3.16. The van der Waals surface area contributed by atoms with E-state index in [-0.39, 0.29) is 11.0 Å². The molecule has 1 aromatic heterocycles. The molecule has 1 aliphatic rings. The van der Waals surface area contributed by atoms with E-state index in [4.69, 9.17) is 23.2 Å². The van der Waals surface area contributed by atoms with Gasteiger partial charge in [-0.3, -0.25) is 9.59 Å². The van der Waals surface area contributed by atoms with E-state index < -0.39 is 24.7 Å². The number of hydrogen-bond acceptors (Lipinski definition) is 4.